The van der Waals surface area contributed by atoms with Gasteiger partial charge in [-0.25, -0.2) is 4.79 Å². The molecule has 10 heteroatoms. The number of fused-ring (bicyclic) bond motifs is 1. The fourth-order valence-electron chi connectivity index (χ4n) is 5.30. The van der Waals surface area contributed by atoms with E-state index < -0.39 is 5.91 Å². The van der Waals surface area contributed by atoms with Gasteiger partial charge in [0, 0.05) is 22.6 Å². The van der Waals surface area contributed by atoms with Crippen LogP contribution in [0.15, 0.2) is 82.1 Å². The van der Waals surface area contributed by atoms with Crippen LogP contribution in [0.4, 0.5) is 0 Å². The lowest BCUT2D eigenvalue weighted by Gasteiger charge is -2.34. The van der Waals surface area contributed by atoms with Gasteiger partial charge in [0.05, 0.1) is 35.1 Å². The Bertz CT molecular complexity index is 1710. The first kappa shape index (κ1) is 28.3. The van der Waals surface area contributed by atoms with Crippen molar-refractivity contribution >= 4 is 39.3 Å². The Balaban J connectivity index is 1.40. The molecule has 2 aliphatic rings. The minimum Gasteiger partial charge on any atom is -0.490 e. The van der Waals surface area contributed by atoms with Crippen LogP contribution in [0.1, 0.15) is 64.8 Å². The smallest absolute Gasteiger partial charge is 0.333 e. The Kier molecular flexibility index (Phi) is 7.72. The number of rotatable bonds is 7. The normalized spacial score (nSPS) is 17.0. The predicted molar refractivity (Wildman–Crippen MR) is 164 cm³/mol. The summed E-state index contributed by atoms with van der Waals surface area (Å²) in [6, 6.07) is 21.3. The van der Waals surface area contributed by atoms with Crippen LogP contribution in [-0.2, 0) is 13.1 Å². The number of nitrogens with one attached hydrogen (secondary N) is 1. The maximum absolute atomic E-state index is 14.0. The second-order valence-electron chi connectivity index (χ2n) is 10.9. The predicted octanol–water partition coefficient (Wildman–Crippen LogP) is 6.13. The largest absolute Gasteiger partial charge is 0.490 e. The third-order valence-corrected chi connectivity index (χ3v) is 8.99. The number of imidazole rings is 1. The molecular weight excluding hydrogens is 620 g/mol. The molecule has 216 valence electrons. The summed E-state index contributed by atoms with van der Waals surface area (Å²) in [7, 11) is 0. The van der Waals surface area contributed by atoms with Gasteiger partial charge in [-0.05, 0) is 90.6 Å². The summed E-state index contributed by atoms with van der Waals surface area (Å²) in [6.45, 7) is 4.12. The van der Waals surface area contributed by atoms with Crippen molar-refractivity contribution < 1.29 is 14.3 Å². The van der Waals surface area contributed by atoms with E-state index >= 15 is 0 Å². The van der Waals surface area contributed by atoms with Crippen LogP contribution in [0.3, 0.4) is 0 Å². The highest BCUT2D eigenvalue weighted by Gasteiger charge is 2.36. The Morgan fingerprint density at radius 2 is 1.76 bits per heavy atom. The van der Waals surface area contributed by atoms with Crippen molar-refractivity contribution in [2.75, 3.05) is 0 Å². The monoisotopic (exact) mass is 648 g/mol. The van der Waals surface area contributed by atoms with E-state index in [0.717, 1.165) is 24.2 Å². The summed E-state index contributed by atoms with van der Waals surface area (Å²) in [5, 5.41) is 3.50. The molecule has 2 heterocycles. The standard InChI is InChI=1S/C32H30BrClN4O4/c1-19-17-37-28(18-36(19)31(40)22-8-15-26(33)27(34)16-22)29(30(39)35-20(2)21-6-4-3-5-7-21)38(32(37)41)23-9-11-24(12-10-23)42-25-13-14-25/h3-12,15-16,19-20,25H,13-14,17-18H2,1-2H3,(H,35,39)/t19-,20-/m1/s1. The maximum Gasteiger partial charge on any atom is 0.333 e. The molecule has 0 spiro atoms. The molecule has 4 aromatic rings. The number of halogens is 2. The van der Waals surface area contributed by atoms with Gasteiger partial charge in [0.15, 0.2) is 0 Å². The van der Waals surface area contributed by atoms with E-state index in [1.54, 1.807) is 39.8 Å². The van der Waals surface area contributed by atoms with Gasteiger partial charge in [-0.1, -0.05) is 41.9 Å². The van der Waals surface area contributed by atoms with Gasteiger partial charge in [0.1, 0.15) is 11.4 Å². The first-order chi connectivity index (χ1) is 20.2. The Labute approximate surface area is 257 Å². The van der Waals surface area contributed by atoms with Gasteiger partial charge in [0.2, 0.25) is 0 Å². The topological polar surface area (TPSA) is 85.6 Å². The van der Waals surface area contributed by atoms with Gasteiger partial charge in [0.25, 0.3) is 11.8 Å². The van der Waals surface area contributed by atoms with E-state index in [2.05, 4.69) is 21.2 Å². The molecule has 0 saturated heterocycles. The van der Waals surface area contributed by atoms with Gasteiger partial charge < -0.3 is 15.0 Å². The number of carbonyl (C=O) groups excluding carboxylic acids is 2. The quantitative estimate of drug-likeness (QED) is 0.261. The highest BCUT2D eigenvalue weighted by atomic mass is 79.9. The first-order valence-electron chi connectivity index (χ1n) is 13.9. The highest BCUT2D eigenvalue weighted by Crippen LogP contribution is 2.30. The van der Waals surface area contributed by atoms with Crippen molar-refractivity contribution in [2.24, 2.45) is 0 Å². The van der Waals surface area contributed by atoms with E-state index in [9.17, 15) is 14.4 Å². The second-order valence-corrected chi connectivity index (χ2v) is 12.1. The van der Waals surface area contributed by atoms with E-state index in [1.807, 2.05) is 56.3 Å². The number of ether oxygens (including phenoxy) is 1. The van der Waals surface area contributed by atoms with Crippen LogP contribution in [-0.4, -0.2) is 38.0 Å². The van der Waals surface area contributed by atoms with Gasteiger partial charge >= 0.3 is 5.69 Å². The van der Waals surface area contributed by atoms with E-state index in [1.165, 1.54) is 4.57 Å². The fraction of sp³-hybridized carbons (Fsp3) is 0.281. The number of hydrogen-bond donors (Lipinski definition) is 1. The van der Waals surface area contributed by atoms with Crippen molar-refractivity contribution in [3.63, 3.8) is 0 Å². The Morgan fingerprint density at radius 3 is 2.43 bits per heavy atom. The van der Waals surface area contributed by atoms with Crippen molar-refractivity contribution in [3.05, 3.63) is 115 Å². The molecule has 0 bridgehead atoms. The van der Waals surface area contributed by atoms with Crippen LogP contribution in [0, 0.1) is 0 Å². The van der Waals surface area contributed by atoms with Gasteiger partial charge in [-0.3, -0.25) is 18.7 Å². The van der Waals surface area contributed by atoms with Crippen LogP contribution < -0.4 is 15.7 Å². The molecule has 8 nitrogen and oxygen atoms in total. The van der Waals surface area contributed by atoms with E-state index in [0.29, 0.717) is 26.4 Å². The lowest BCUT2D eigenvalue weighted by Crippen LogP contribution is -2.47. The molecule has 3 aromatic carbocycles. The molecule has 1 aromatic heterocycles. The maximum atomic E-state index is 14.0. The summed E-state index contributed by atoms with van der Waals surface area (Å²) in [4.78, 5) is 43.3. The van der Waals surface area contributed by atoms with Crippen molar-refractivity contribution in [2.45, 2.75) is 58.0 Å². The number of benzene rings is 3. The van der Waals surface area contributed by atoms with Gasteiger partial charge in [-0.2, -0.15) is 0 Å². The lowest BCUT2D eigenvalue weighted by molar-refractivity contribution is 0.0610. The third-order valence-electron chi connectivity index (χ3n) is 7.76. The molecule has 1 N–H and O–H groups in total. The SMILES string of the molecule is C[C@@H]1Cn2c(c(C(=O)N[C@H](C)c3ccccc3)n(-c3ccc(OC4CC4)cc3)c2=O)CN1C(=O)c1ccc(Br)c(Cl)c1. The second kappa shape index (κ2) is 11.5. The molecule has 42 heavy (non-hydrogen) atoms. The average molecular weight is 650 g/mol. The summed E-state index contributed by atoms with van der Waals surface area (Å²) in [5.41, 5.74) is 2.27. The zero-order valence-electron chi connectivity index (χ0n) is 23.2. The molecule has 2 amide bonds. The first-order valence-corrected chi connectivity index (χ1v) is 15.1. The zero-order valence-corrected chi connectivity index (χ0v) is 25.6. The van der Waals surface area contributed by atoms with Crippen molar-refractivity contribution in [1.29, 1.82) is 0 Å². The van der Waals surface area contributed by atoms with Crippen LogP contribution >= 0.6 is 27.5 Å². The molecule has 1 aliphatic carbocycles. The van der Waals surface area contributed by atoms with E-state index in [4.69, 9.17) is 16.3 Å². The number of carbonyl (C=O) groups is 2. The number of hydrogen-bond acceptors (Lipinski definition) is 4. The Hall–Kier alpha value is -3.82. The molecule has 2 atom stereocenters. The Morgan fingerprint density at radius 1 is 1.05 bits per heavy atom. The molecule has 6 rings (SSSR count). The third kappa shape index (κ3) is 5.51. The number of amides is 2. The van der Waals surface area contributed by atoms with Crippen LogP contribution in [0.5, 0.6) is 5.75 Å². The van der Waals surface area contributed by atoms with Crippen LogP contribution in [0.25, 0.3) is 5.69 Å². The average Bonchev–Trinajstić information content (AvgIpc) is 3.76. The minimum absolute atomic E-state index is 0.0846. The summed E-state index contributed by atoms with van der Waals surface area (Å²) >= 11 is 9.66. The summed E-state index contributed by atoms with van der Waals surface area (Å²) < 4.78 is 9.64. The molecule has 1 aliphatic heterocycles. The zero-order chi connectivity index (χ0) is 29.5. The molecule has 1 saturated carbocycles. The molecule has 0 radical (unpaired) electrons. The van der Waals surface area contributed by atoms with Crippen LogP contribution in [0.2, 0.25) is 5.02 Å². The molecular formula is C32H30BrClN4O4. The van der Waals surface area contributed by atoms with E-state index in [-0.39, 0.29) is 48.6 Å². The lowest BCUT2D eigenvalue weighted by atomic mass is 10.1. The van der Waals surface area contributed by atoms with Crippen molar-refractivity contribution in [3.8, 4) is 11.4 Å². The highest BCUT2D eigenvalue weighted by molar-refractivity contribution is 9.10. The summed E-state index contributed by atoms with van der Waals surface area (Å²) in [6.07, 6.45) is 2.32. The number of nitrogens with zero attached hydrogens (tertiary/aromatic N) is 3. The number of aromatic nitrogens is 2. The minimum atomic E-state index is -0.399. The van der Waals surface area contributed by atoms with Crippen molar-refractivity contribution in [1.82, 2.24) is 19.4 Å². The summed E-state index contributed by atoms with van der Waals surface area (Å²) in [5.74, 6) is 0.0959. The fourth-order valence-corrected chi connectivity index (χ4v) is 5.73. The molecule has 1 fully saturated rings. The molecule has 0 unspecified atom stereocenters. The van der Waals surface area contributed by atoms with Gasteiger partial charge in [-0.15, -0.1) is 0 Å².